The van der Waals surface area contributed by atoms with Crippen molar-refractivity contribution in [3.05, 3.63) is 122 Å². The van der Waals surface area contributed by atoms with Gasteiger partial charge >= 0.3 is 0 Å². The van der Waals surface area contributed by atoms with Gasteiger partial charge in [0, 0.05) is 80.0 Å². The molecule has 0 amide bonds. The molecular weight excluding hydrogens is 514 g/mol. The molecule has 0 fully saturated rings. The topological polar surface area (TPSA) is 109 Å². The van der Waals surface area contributed by atoms with Crippen LogP contribution < -0.4 is 0 Å². The summed E-state index contributed by atoms with van der Waals surface area (Å²) in [6.07, 6.45) is 20.1. The van der Waals surface area contributed by atoms with E-state index < -0.39 is 0 Å². The van der Waals surface area contributed by atoms with Crippen molar-refractivity contribution < 1.29 is 4.42 Å². The number of hydrogen-bond donors (Lipinski definition) is 2. The zero-order valence-electron chi connectivity index (χ0n) is 20.8. The highest BCUT2D eigenvalue weighted by Crippen LogP contribution is 2.32. The Morgan fingerprint density at radius 3 is 2.05 bits per heavy atom. The van der Waals surface area contributed by atoms with Gasteiger partial charge in [-0.25, -0.2) is 24.9 Å². The van der Waals surface area contributed by atoms with E-state index in [1.165, 1.54) is 27.8 Å². The number of nitrogens with zero attached hydrogens (tertiary/aromatic N) is 5. The lowest BCUT2D eigenvalue weighted by molar-refractivity contribution is 0.506. The second-order valence-corrected chi connectivity index (χ2v) is 11.0. The first-order chi connectivity index (χ1) is 18.8. The van der Waals surface area contributed by atoms with Crippen LogP contribution in [-0.2, 0) is 44.9 Å². The van der Waals surface area contributed by atoms with Gasteiger partial charge in [-0.2, -0.15) is 0 Å². The van der Waals surface area contributed by atoms with E-state index in [2.05, 4.69) is 41.0 Å². The lowest BCUT2D eigenvalue weighted by Crippen LogP contribution is -2.13. The van der Waals surface area contributed by atoms with Crippen molar-refractivity contribution in [2.75, 3.05) is 0 Å². The third-order valence-electron chi connectivity index (χ3n) is 6.65. The van der Waals surface area contributed by atoms with E-state index in [-0.39, 0.29) is 0 Å². The van der Waals surface area contributed by atoms with Gasteiger partial charge in [-0.05, 0) is 40.7 Å². The van der Waals surface area contributed by atoms with Gasteiger partial charge in [0.2, 0.25) is 0 Å². The monoisotopic (exact) mass is 541 g/mol. The van der Waals surface area contributed by atoms with Gasteiger partial charge in [-0.15, -0.1) is 22.7 Å². The van der Waals surface area contributed by atoms with Crippen molar-refractivity contribution in [3.8, 4) is 0 Å². The fraction of sp³-hybridized carbons (Fsp3) is 0.250. The Labute approximate surface area is 228 Å². The molecule has 5 aromatic heterocycles. The molecule has 6 rings (SSSR count). The van der Waals surface area contributed by atoms with Crippen LogP contribution in [0.15, 0.2) is 70.9 Å². The van der Waals surface area contributed by atoms with E-state index in [0.29, 0.717) is 12.3 Å². The summed E-state index contributed by atoms with van der Waals surface area (Å²) >= 11 is 3.40. The van der Waals surface area contributed by atoms with E-state index in [9.17, 15) is 0 Å². The van der Waals surface area contributed by atoms with Crippen LogP contribution in [-0.4, -0.2) is 34.9 Å². The number of nitrogens with one attached hydrogen (secondary N) is 2. The average Bonchev–Trinajstić information content (AvgIpc) is 3.75. The molecule has 8 nitrogen and oxygen atoms in total. The molecule has 38 heavy (non-hydrogen) atoms. The van der Waals surface area contributed by atoms with Crippen molar-refractivity contribution in [2.45, 2.75) is 44.9 Å². The highest BCUT2D eigenvalue weighted by Gasteiger charge is 2.21. The summed E-state index contributed by atoms with van der Waals surface area (Å²) in [5, 5.41) is 6.33. The van der Waals surface area contributed by atoms with Crippen LogP contribution >= 0.6 is 22.7 Å². The first-order valence-corrected chi connectivity index (χ1v) is 14.3. The van der Waals surface area contributed by atoms with Crippen LogP contribution in [0.2, 0.25) is 0 Å². The lowest BCUT2D eigenvalue weighted by Gasteiger charge is -2.22. The molecule has 2 N–H and O–H groups in total. The maximum Gasteiger partial charge on any atom is 0.198 e. The van der Waals surface area contributed by atoms with Crippen LogP contribution in [0.5, 0.6) is 0 Å². The van der Waals surface area contributed by atoms with Gasteiger partial charge in [0.25, 0.3) is 0 Å². The predicted octanol–water partition coefficient (Wildman–Crippen LogP) is 5.38. The van der Waals surface area contributed by atoms with Crippen LogP contribution in [0.4, 0.5) is 0 Å². The first-order valence-electron chi connectivity index (χ1n) is 12.6. The van der Waals surface area contributed by atoms with Crippen molar-refractivity contribution in [2.24, 2.45) is 0 Å². The number of H-pyrrole nitrogens is 2. The molecule has 0 atom stereocenters. The molecule has 5 heterocycles. The van der Waals surface area contributed by atoms with E-state index in [1.807, 2.05) is 47.9 Å². The molecule has 0 bridgehead atoms. The number of hydrogen-bond acceptors (Lipinski definition) is 8. The van der Waals surface area contributed by atoms with Crippen molar-refractivity contribution >= 4 is 22.7 Å². The zero-order valence-corrected chi connectivity index (χ0v) is 22.4. The number of thiazole rings is 2. The van der Waals surface area contributed by atoms with Gasteiger partial charge in [-0.1, -0.05) is 6.07 Å². The van der Waals surface area contributed by atoms with Crippen LogP contribution in [0.25, 0.3) is 0 Å². The third kappa shape index (κ3) is 5.81. The molecule has 0 aliphatic carbocycles. The molecule has 6 aromatic rings. The van der Waals surface area contributed by atoms with Crippen molar-refractivity contribution in [3.63, 3.8) is 0 Å². The number of aryl methyl sites for hydroxylation is 3. The molecule has 0 aliphatic heterocycles. The second-order valence-electron chi connectivity index (χ2n) is 9.01. The maximum absolute atomic E-state index is 5.70. The van der Waals surface area contributed by atoms with Gasteiger partial charge < -0.3 is 14.4 Å². The van der Waals surface area contributed by atoms with E-state index in [0.717, 1.165) is 60.2 Å². The Balaban J connectivity index is 1.48. The van der Waals surface area contributed by atoms with Gasteiger partial charge in [0.15, 0.2) is 5.89 Å². The summed E-state index contributed by atoms with van der Waals surface area (Å²) < 4.78 is 5.70. The summed E-state index contributed by atoms with van der Waals surface area (Å²) in [5.74, 6) is 2.66. The maximum atomic E-state index is 5.70. The molecule has 192 valence electrons. The third-order valence-corrected chi connectivity index (χ3v) is 8.27. The van der Waals surface area contributed by atoms with Gasteiger partial charge in [-0.3, -0.25) is 0 Å². The Morgan fingerprint density at radius 1 is 0.605 bits per heavy atom. The summed E-state index contributed by atoms with van der Waals surface area (Å²) in [5.41, 5.74) is 6.51. The number of aromatic amines is 2. The Kier molecular flexibility index (Phi) is 7.50. The minimum Gasteiger partial charge on any atom is -0.449 e. The van der Waals surface area contributed by atoms with Crippen molar-refractivity contribution in [1.29, 1.82) is 0 Å². The fourth-order valence-corrected chi connectivity index (χ4v) is 6.18. The average molecular weight is 542 g/mol. The summed E-state index contributed by atoms with van der Waals surface area (Å²) in [4.78, 5) is 29.3. The van der Waals surface area contributed by atoms with E-state index in [1.54, 1.807) is 35.1 Å². The van der Waals surface area contributed by atoms with Crippen LogP contribution in [0.1, 0.15) is 55.4 Å². The predicted molar refractivity (Wildman–Crippen MR) is 148 cm³/mol. The number of imidazole rings is 2. The highest BCUT2D eigenvalue weighted by atomic mass is 32.1. The summed E-state index contributed by atoms with van der Waals surface area (Å²) in [6, 6.07) is 2.35. The zero-order chi connectivity index (χ0) is 25.6. The highest BCUT2D eigenvalue weighted by molar-refractivity contribution is 7.09. The minimum absolute atomic E-state index is 0.632. The number of oxazole rings is 1. The fourth-order valence-electron chi connectivity index (χ4n) is 4.93. The summed E-state index contributed by atoms with van der Waals surface area (Å²) in [7, 11) is 0. The molecule has 0 radical (unpaired) electrons. The molecular formula is C28H27N7OS2. The van der Waals surface area contributed by atoms with Crippen molar-refractivity contribution in [1.82, 2.24) is 34.9 Å². The Hall–Kier alpha value is -3.89. The molecule has 0 saturated carbocycles. The quantitative estimate of drug-likeness (QED) is 0.215. The molecule has 0 spiro atoms. The Bertz CT molecular complexity index is 1520. The van der Waals surface area contributed by atoms with Gasteiger partial charge in [0.1, 0.15) is 17.9 Å². The molecule has 0 saturated heterocycles. The second kappa shape index (κ2) is 11.7. The van der Waals surface area contributed by atoms with Crippen LogP contribution in [0.3, 0.4) is 0 Å². The lowest BCUT2D eigenvalue weighted by atomic mass is 9.84. The number of aromatic nitrogens is 7. The van der Waals surface area contributed by atoms with Gasteiger partial charge in [0.05, 0.1) is 16.2 Å². The SMILES string of the molecule is c1c[nH]c(CCc2cc(Cc3ncco3)c(Cc3nccs3)c(CCc3nccs3)c2Cc2ncc[nH]2)n1. The van der Waals surface area contributed by atoms with E-state index >= 15 is 0 Å². The molecule has 0 unspecified atom stereocenters. The Morgan fingerprint density at radius 2 is 1.37 bits per heavy atom. The minimum atomic E-state index is 0.632. The molecule has 1 aromatic carbocycles. The molecule has 0 aliphatic rings. The normalized spacial score (nSPS) is 11.4. The van der Waals surface area contributed by atoms with Crippen LogP contribution in [0, 0.1) is 0 Å². The number of benzene rings is 1. The standard InChI is InChI=1S/C28H27N7OS2/c1(3-24-29-5-6-30-24)19-15-20(16-26-33-9-12-36-26)23(18-28-35-11-14-38-28)21(2-4-27-34-10-13-37-27)22(19)17-25-31-7-8-32-25/h5-15H,1-4,16-18H2,(H,29,30)(H,31,32). The van der Waals surface area contributed by atoms with E-state index in [4.69, 9.17) is 4.42 Å². The first kappa shape index (κ1) is 24.4. The smallest absolute Gasteiger partial charge is 0.198 e. The summed E-state index contributed by atoms with van der Waals surface area (Å²) in [6.45, 7) is 0. The number of rotatable bonds is 12. The largest absolute Gasteiger partial charge is 0.449 e. The molecule has 10 heteroatoms.